The van der Waals surface area contributed by atoms with Crippen molar-refractivity contribution in [2.24, 2.45) is 0 Å². The van der Waals surface area contributed by atoms with Crippen molar-refractivity contribution in [3.8, 4) is 0 Å². The van der Waals surface area contributed by atoms with Gasteiger partial charge in [-0.05, 0) is 36.8 Å². The molecule has 0 aromatic carbocycles. The molecule has 0 spiro atoms. The number of sulfonamides is 1. The van der Waals surface area contributed by atoms with E-state index in [1.54, 1.807) is 18.4 Å². The van der Waals surface area contributed by atoms with Crippen LogP contribution in [0.3, 0.4) is 0 Å². The van der Waals surface area contributed by atoms with Crippen molar-refractivity contribution >= 4 is 27.3 Å². The Morgan fingerprint density at radius 1 is 1.59 bits per heavy atom. The first-order chi connectivity index (χ1) is 7.94. The lowest BCUT2D eigenvalue weighted by Crippen LogP contribution is -2.40. The molecule has 2 heterocycles. The number of nitrogens with zero attached hydrogens (tertiary/aromatic N) is 1. The lowest BCUT2D eigenvalue weighted by atomic mass is 10.2. The van der Waals surface area contributed by atoms with Gasteiger partial charge < -0.3 is 5.11 Å². The smallest absolute Gasteiger partial charge is 0.322 e. The Morgan fingerprint density at radius 2 is 2.29 bits per heavy atom. The van der Waals surface area contributed by atoms with Gasteiger partial charge in [0.2, 0.25) is 0 Å². The number of thiophene rings is 1. The minimum absolute atomic E-state index is 0.255. The second-order valence-corrected chi connectivity index (χ2v) is 7.01. The van der Waals surface area contributed by atoms with Gasteiger partial charge in [-0.25, -0.2) is 8.42 Å². The maximum Gasteiger partial charge on any atom is 0.322 e. The van der Waals surface area contributed by atoms with Crippen molar-refractivity contribution in [3.05, 3.63) is 17.0 Å². The molecule has 1 atom stereocenters. The first-order valence-electron chi connectivity index (χ1n) is 5.23. The maximum absolute atomic E-state index is 12.3. The van der Waals surface area contributed by atoms with Gasteiger partial charge in [0.1, 0.15) is 10.3 Å². The van der Waals surface area contributed by atoms with Crippen LogP contribution in [-0.4, -0.2) is 36.4 Å². The summed E-state index contributed by atoms with van der Waals surface area (Å²) in [5.74, 6) is -1.07. The lowest BCUT2D eigenvalue weighted by Gasteiger charge is -2.20. The third-order valence-corrected chi connectivity index (χ3v) is 6.42. The van der Waals surface area contributed by atoms with Crippen LogP contribution in [0.1, 0.15) is 18.4 Å². The summed E-state index contributed by atoms with van der Waals surface area (Å²) in [4.78, 5) is 11.0. The Bertz CT molecular complexity index is 534. The summed E-state index contributed by atoms with van der Waals surface area (Å²) < 4.78 is 26.0. The van der Waals surface area contributed by atoms with Gasteiger partial charge in [0.05, 0.1) is 0 Å². The predicted molar refractivity (Wildman–Crippen MR) is 63.6 cm³/mol. The summed E-state index contributed by atoms with van der Waals surface area (Å²) in [7, 11) is -3.65. The Hall–Kier alpha value is -0.920. The summed E-state index contributed by atoms with van der Waals surface area (Å²) in [6.45, 7) is 2.01. The van der Waals surface area contributed by atoms with Gasteiger partial charge in [0.25, 0.3) is 10.0 Å². The highest BCUT2D eigenvalue weighted by Gasteiger charge is 2.40. The quantitative estimate of drug-likeness (QED) is 0.902. The highest BCUT2D eigenvalue weighted by molar-refractivity contribution is 7.91. The van der Waals surface area contributed by atoms with E-state index in [4.69, 9.17) is 5.11 Å². The highest BCUT2D eigenvalue weighted by Crippen LogP contribution is 2.30. The van der Waals surface area contributed by atoms with Gasteiger partial charge in [0, 0.05) is 6.54 Å². The van der Waals surface area contributed by atoms with Gasteiger partial charge >= 0.3 is 5.97 Å². The Labute approximate surface area is 104 Å². The van der Waals surface area contributed by atoms with E-state index in [-0.39, 0.29) is 10.8 Å². The van der Waals surface area contributed by atoms with E-state index in [9.17, 15) is 13.2 Å². The first kappa shape index (κ1) is 12.5. The van der Waals surface area contributed by atoms with Crippen LogP contribution >= 0.6 is 11.3 Å². The maximum atomic E-state index is 12.3. The molecule has 1 N–H and O–H groups in total. The normalized spacial score (nSPS) is 21.8. The largest absolute Gasteiger partial charge is 0.480 e. The molecule has 1 aliphatic heterocycles. The van der Waals surface area contributed by atoms with E-state index in [0.29, 0.717) is 18.4 Å². The van der Waals surface area contributed by atoms with Crippen LogP contribution < -0.4 is 0 Å². The van der Waals surface area contributed by atoms with Crippen LogP contribution in [0.15, 0.2) is 15.7 Å². The van der Waals surface area contributed by atoms with Crippen LogP contribution in [0, 0.1) is 6.92 Å². The number of carbonyl (C=O) groups is 1. The van der Waals surface area contributed by atoms with Crippen LogP contribution in [0.4, 0.5) is 0 Å². The molecule has 17 heavy (non-hydrogen) atoms. The van der Waals surface area contributed by atoms with E-state index in [1.807, 2.05) is 0 Å². The van der Waals surface area contributed by atoms with Crippen LogP contribution in [0.5, 0.6) is 0 Å². The molecule has 1 aliphatic rings. The van der Waals surface area contributed by atoms with Crippen molar-refractivity contribution < 1.29 is 18.3 Å². The minimum atomic E-state index is -3.65. The molecular formula is C10H13NO4S2. The Kier molecular flexibility index (Phi) is 3.24. The molecule has 1 aromatic heterocycles. The number of aryl methyl sites for hydroxylation is 1. The molecule has 2 rings (SSSR count). The SMILES string of the molecule is Cc1ccsc1S(=O)(=O)N1CCC[C@@H]1C(=O)O. The molecular weight excluding hydrogens is 262 g/mol. The zero-order chi connectivity index (χ0) is 12.6. The van der Waals surface area contributed by atoms with E-state index in [2.05, 4.69) is 0 Å². The molecule has 0 bridgehead atoms. The van der Waals surface area contributed by atoms with E-state index >= 15 is 0 Å². The molecule has 0 saturated carbocycles. The molecule has 0 amide bonds. The van der Waals surface area contributed by atoms with Gasteiger partial charge in [-0.3, -0.25) is 4.79 Å². The Balaban J connectivity index is 2.40. The van der Waals surface area contributed by atoms with Crippen LogP contribution in [0.2, 0.25) is 0 Å². The van der Waals surface area contributed by atoms with Crippen molar-refractivity contribution in [2.75, 3.05) is 6.54 Å². The topological polar surface area (TPSA) is 74.7 Å². The lowest BCUT2D eigenvalue weighted by molar-refractivity contribution is -0.140. The molecule has 1 aromatic rings. The number of hydrogen-bond acceptors (Lipinski definition) is 4. The monoisotopic (exact) mass is 275 g/mol. The minimum Gasteiger partial charge on any atom is -0.480 e. The zero-order valence-corrected chi connectivity index (χ0v) is 10.9. The van der Waals surface area contributed by atoms with Gasteiger partial charge in [-0.2, -0.15) is 4.31 Å². The van der Waals surface area contributed by atoms with Crippen LogP contribution in [0.25, 0.3) is 0 Å². The molecule has 94 valence electrons. The summed E-state index contributed by atoms with van der Waals surface area (Å²) in [5, 5.41) is 10.7. The number of carboxylic acids is 1. The number of rotatable bonds is 3. The fourth-order valence-corrected chi connectivity index (χ4v) is 5.18. The van der Waals surface area contributed by atoms with Gasteiger partial charge in [0.15, 0.2) is 0 Å². The zero-order valence-electron chi connectivity index (χ0n) is 9.29. The molecule has 7 heteroatoms. The summed E-state index contributed by atoms with van der Waals surface area (Å²) >= 11 is 1.13. The van der Waals surface area contributed by atoms with Gasteiger partial charge in [-0.15, -0.1) is 11.3 Å². The van der Waals surface area contributed by atoms with Gasteiger partial charge in [-0.1, -0.05) is 0 Å². The molecule has 1 saturated heterocycles. The number of hydrogen-bond donors (Lipinski definition) is 1. The average molecular weight is 275 g/mol. The molecule has 0 unspecified atom stereocenters. The second-order valence-electron chi connectivity index (χ2n) is 4.00. The highest BCUT2D eigenvalue weighted by atomic mass is 32.2. The summed E-state index contributed by atoms with van der Waals surface area (Å²) in [6.07, 6.45) is 0.986. The molecule has 1 fully saturated rings. The van der Waals surface area contributed by atoms with E-state index in [0.717, 1.165) is 15.6 Å². The fraction of sp³-hybridized carbons (Fsp3) is 0.500. The first-order valence-corrected chi connectivity index (χ1v) is 7.55. The summed E-state index contributed by atoms with van der Waals surface area (Å²) in [6, 6.07) is 0.810. The van der Waals surface area contributed by atoms with Crippen molar-refractivity contribution in [2.45, 2.75) is 30.0 Å². The average Bonchev–Trinajstić information content (AvgIpc) is 2.84. The fourth-order valence-electron chi connectivity index (χ4n) is 2.00. The predicted octanol–water partition coefficient (Wildman–Crippen LogP) is 1.29. The third-order valence-electron chi connectivity index (χ3n) is 2.85. The Morgan fingerprint density at radius 3 is 2.82 bits per heavy atom. The van der Waals surface area contributed by atoms with Crippen LogP contribution in [-0.2, 0) is 14.8 Å². The molecule has 0 radical (unpaired) electrons. The molecule has 0 aliphatic carbocycles. The van der Waals surface area contributed by atoms with Crippen molar-refractivity contribution in [1.29, 1.82) is 0 Å². The van der Waals surface area contributed by atoms with Crippen molar-refractivity contribution in [1.82, 2.24) is 4.31 Å². The summed E-state index contributed by atoms with van der Waals surface area (Å²) in [5.41, 5.74) is 0.672. The number of aliphatic carboxylic acids is 1. The second kappa shape index (κ2) is 4.40. The molecule has 5 nitrogen and oxygen atoms in total. The van der Waals surface area contributed by atoms with Crippen molar-refractivity contribution in [3.63, 3.8) is 0 Å². The standard InChI is InChI=1S/C10H13NO4S2/c1-7-4-6-16-10(7)17(14,15)11-5-2-3-8(11)9(12)13/h4,6,8H,2-3,5H2,1H3,(H,12,13)/t8-/m1/s1. The van der Waals surface area contributed by atoms with E-state index in [1.165, 1.54) is 0 Å². The van der Waals surface area contributed by atoms with E-state index < -0.39 is 22.0 Å². The number of carboxylic acid groups (broad SMARTS) is 1. The third kappa shape index (κ3) is 2.10.